The van der Waals surface area contributed by atoms with Gasteiger partial charge in [0, 0.05) is 50.7 Å². The smallest absolute Gasteiger partial charge is 0.322 e. The molecule has 1 aliphatic heterocycles. The number of anilines is 1. The summed E-state index contributed by atoms with van der Waals surface area (Å²) >= 11 is 6.16. The third-order valence-electron chi connectivity index (χ3n) is 7.85. The average Bonchev–Trinajstić information content (AvgIpc) is 2.97. The van der Waals surface area contributed by atoms with Gasteiger partial charge < -0.3 is 20.7 Å². The predicted molar refractivity (Wildman–Crippen MR) is 172 cm³/mol. The number of amides is 3. The molecule has 242 valence electrons. The highest BCUT2D eigenvalue weighted by atomic mass is 35.5. The molecule has 1 aromatic heterocycles. The number of unbranched alkanes of at least 4 members (excludes halogenated alkanes) is 1. The van der Waals surface area contributed by atoms with Gasteiger partial charge in [-0.2, -0.15) is 0 Å². The zero-order chi connectivity index (χ0) is 32.9. The van der Waals surface area contributed by atoms with E-state index in [2.05, 4.69) is 22.1 Å². The Hall–Kier alpha value is -3.74. The topological polar surface area (TPSA) is 135 Å². The van der Waals surface area contributed by atoms with Crippen molar-refractivity contribution in [3.63, 3.8) is 0 Å². The molecule has 0 unspecified atom stereocenters. The van der Waals surface area contributed by atoms with Crippen molar-refractivity contribution in [2.75, 3.05) is 31.2 Å². The number of hydrogen-bond donors (Lipinski definition) is 2. The van der Waals surface area contributed by atoms with Gasteiger partial charge in [-0.15, -0.1) is 0 Å². The minimum atomic E-state index is -3.32. The third kappa shape index (κ3) is 8.71. The van der Waals surface area contributed by atoms with Gasteiger partial charge in [0.25, 0.3) is 5.91 Å². The van der Waals surface area contributed by atoms with E-state index in [4.69, 9.17) is 22.1 Å². The number of nitrogens with zero attached hydrogens (tertiary/aromatic N) is 3. The molecule has 0 spiro atoms. The minimum Gasteiger partial charge on any atom is -0.438 e. The molecular formula is C32H39ClFN5O5S. The number of ether oxygens (including phenoxy) is 1. The molecule has 2 aromatic carbocycles. The molecule has 2 heterocycles. The maximum atomic E-state index is 14.1. The van der Waals surface area contributed by atoms with E-state index in [0.717, 1.165) is 50.4 Å². The standard InChI is InChI=1S/C32H39ClFN5O5S/c1-5-6-11-39(32(41)37-28-16-25(31(35)40)27(34)17-26(28)33)23-9-12-38(13-10-23)19-22-7-8-29(36-18-22)44-30-20(2)14-24(15-21(30)3)45(4,42)43/h7-8,14-18,23H,5-6,9-13,19H2,1-4H3,(H2,35,40)(H,37,41). The molecule has 10 nitrogen and oxygen atoms in total. The van der Waals surface area contributed by atoms with Crippen molar-refractivity contribution in [3.8, 4) is 11.6 Å². The SMILES string of the molecule is CCCCN(C(=O)Nc1cc(C(N)=O)c(F)cc1Cl)C1CCN(Cc2ccc(Oc3c(C)cc(S(C)(=O)=O)cc3C)nc2)CC1. The van der Waals surface area contributed by atoms with Gasteiger partial charge in [0.15, 0.2) is 9.84 Å². The van der Waals surface area contributed by atoms with Crippen LogP contribution in [-0.4, -0.2) is 67.1 Å². The minimum absolute atomic E-state index is 0.00269. The maximum Gasteiger partial charge on any atom is 0.322 e. The maximum absolute atomic E-state index is 14.1. The van der Waals surface area contributed by atoms with Gasteiger partial charge >= 0.3 is 6.03 Å². The Labute approximate surface area is 268 Å². The summed E-state index contributed by atoms with van der Waals surface area (Å²) in [7, 11) is -3.32. The molecule has 0 atom stereocenters. The number of sulfone groups is 1. The number of urea groups is 1. The van der Waals surface area contributed by atoms with Crippen LogP contribution in [0, 0.1) is 19.7 Å². The fourth-order valence-corrected chi connectivity index (χ4v) is 6.38. The van der Waals surface area contributed by atoms with E-state index in [9.17, 15) is 22.4 Å². The molecule has 3 amide bonds. The highest BCUT2D eigenvalue weighted by Gasteiger charge is 2.28. The number of halogens is 2. The third-order valence-corrected chi connectivity index (χ3v) is 9.25. The molecule has 4 rings (SSSR count). The predicted octanol–water partition coefficient (Wildman–Crippen LogP) is 6.08. The van der Waals surface area contributed by atoms with Gasteiger partial charge in [-0.05, 0) is 74.1 Å². The molecule has 3 N–H and O–H groups in total. The first-order valence-electron chi connectivity index (χ1n) is 14.8. The lowest BCUT2D eigenvalue weighted by Crippen LogP contribution is -2.49. The number of rotatable bonds is 11. The monoisotopic (exact) mass is 659 g/mol. The lowest BCUT2D eigenvalue weighted by molar-refractivity contribution is 0.0996. The van der Waals surface area contributed by atoms with E-state index < -0.39 is 21.6 Å². The molecule has 1 aliphatic rings. The van der Waals surface area contributed by atoms with Crippen molar-refractivity contribution >= 4 is 39.1 Å². The van der Waals surface area contributed by atoms with Crippen LogP contribution in [0.4, 0.5) is 14.9 Å². The van der Waals surface area contributed by atoms with Crippen LogP contribution in [-0.2, 0) is 16.4 Å². The lowest BCUT2D eigenvalue weighted by atomic mass is 10.0. The number of carbonyl (C=O) groups excluding carboxylic acids is 2. The Morgan fingerprint density at radius 1 is 1.16 bits per heavy atom. The number of aryl methyl sites for hydroxylation is 2. The first kappa shape index (κ1) is 34.1. The summed E-state index contributed by atoms with van der Waals surface area (Å²) in [5.74, 6) is -0.794. The number of hydrogen-bond acceptors (Lipinski definition) is 7. The normalized spacial score (nSPS) is 14.3. The number of likely N-dealkylation sites (tertiary alicyclic amines) is 1. The Morgan fingerprint density at radius 3 is 2.38 bits per heavy atom. The van der Waals surface area contributed by atoms with Crippen LogP contribution < -0.4 is 15.8 Å². The highest BCUT2D eigenvalue weighted by molar-refractivity contribution is 7.90. The van der Waals surface area contributed by atoms with Gasteiger partial charge in [-0.25, -0.2) is 22.6 Å². The molecule has 0 bridgehead atoms. The fraction of sp³-hybridized carbons (Fsp3) is 0.406. The second kappa shape index (κ2) is 14.6. The summed E-state index contributed by atoms with van der Waals surface area (Å²) in [6.45, 7) is 8.44. The molecule has 1 fully saturated rings. The van der Waals surface area contributed by atoms with Crippen molar-refractivity contribution in [1.82, 2.24) is 14.8 Å². The molecule has 1 saturated heterocycles. The van der Waals surface area contributed by atoms with Crippen LogP contribution in [0.15, 0.2) is 47.5 Å². The Bertz CT molecular complexity index is 1640. The second-order valence-electron chi connectivity index (χ2n) is 11.4. The number of benzene rings is 2. The summed E-state index contributed by atoms with van der Waals surface area (Å²) in [6.07, 6.45) is 6.20. The number of primary amides is 1. The van der Waals surface area contributed by atoms with Gasteiger partial charge in [0.05, 0.1) is 21.2 Å². The molecular weight excluding hydrogens is 621 g/mol. The number of aromatic nitrogens is 1. The van der Waals surface area contributed by atoms with Crippen molar-refractivity contribution in [2.45, 2.75) is 63.9 Å². The van der Waals surface area contributed by atoms with Crippen LogP contribution >= 0.6 is 11.6 Å². The molecule has 45 heavy (non-hydrogen) atoms. The van der Waals surface area contributed by atoms with E-state index in [-0.39, 0.29) is 33.2 Å². The van der Waals surface area contributed by atoms with Crippen LogP contribution in [0.2, 0.25) is 5.02 Å². The highest BCUT2D eigenvalue weighted by Crippen LogP contribution is 2.31. The van der Waals surface area contributed by atoms with Gasteiger partial charge in [-0.1, -0.05) is 31.0 Å². The van der Waals surface area contributed by atoms with Crippen molar-refractivity contribution in [3.05, 3.63) is 75.7 Å². The first-order chi connectivity index (χ1) is 21.3. The number of nitrogens with one attached hydrogen (secondary N) is 1. The Morgan fingerprint density at radius 2 is 1.82 bits per heavy atom. The summed E-state index contributed by atoms with van der Waals surface area (Å²) in [5.41, 5.74) is 7.49. The molecule has 0 radical (unpaired) electrons. The van der Waals surface area contributed by atoms with Crippen molar-refractivity contribution in [2.24, 2.45) is 5.73 Å². The number of carbonyl (C=O) groups is 2. The molecule has 0 aliphatic carbocycles. The van der Waals surface area contributed by atoms with E-state index in [1.807, 2.05) is 6.07 Å². The zero-order valence-corrected chi connectivity index (χ0v) is 27.5. The molecule has 13 heteroatoms. The van der Waals surface area contributed by atoms with E-state index in [1.54, 1.807) is 43.1 Å². The van der Waals surface area contributed by atoms with Gasteiger partial charge in [-0.3, -0.25) is 9.69 Å². The van der Waals surface area contributed by atoms with Crippen LogP contribution in [0.1, 0.15) is 59.7 Å². The Kier molecular flexibility index (Phi) is 11.1. The van der Waals surface area contributed by atoms with Crippen LogP contribution in [0.5, 0.6) is 11.6 Å². The number of nitrogens with two attached hydrogens (primary N) is 1. The second-order valence-corrected chi connectivity index (χ2v) is 13.8. The first-order valence-corrected chi connectivity index (χ1v) is 17.1. The molecule has 0 saturated carbocycles. The van der Waals surface area contributed by atoms with Crippen molar-refractivity contribution in [1.29, 1.82) is 0 Å². The largest absolute Gasteiger partial charge is 0.438 e. The van der Waals surface area contributed by atoms with E-state index in [1.165, 1.54) is 12.3 Å². The quantitative estimate of drug-likeness (QED) is 0.255. The fourth-order valence-electron chi connectivity index (χ4n) is 5.40. The number of piperidine rings is 1. The van der Waals surface area contributed by atoms with Crippen LogP contribution in [0.3, 0.4) is 0 Å². The lowest BCUT2D eigenvalue weighted by Gasteiger charge is -2.38. The summed E-state index contributed by atoms with van der Waals surface area (Å²) in [4.78, 5) is 33.8. The van der Waals surface area contributed by atoms with Gasteiger partial charge in [0.2, 0.25) is 5.88 Å². The average molecular weight is 660 g/mol. The summed E-state index contributed by atoms with van der Waals surface area (Å²) in [6, 6.07) is 8.73. The summed E-state index contributed by atoms with van der Waals surface area (Å²) in [5, 5.41) is 2.73. The van der Waals surface area contributed by atoms with Crippen LogP contribution in [0.25, 0.3) is 0 Å². The van der Waals surface area contributed by atoms with Gasteiger partial charge in [0.1, 0.15) is 11.6 Å². The van der Waals surface area contributed by atoms with E-state index >= 15 is 0 Å². The number of pyridine rings is 1. The van der Waals surface area contributed by atoms with Crippen molar-refractivity contribution < 1.29 is 27.1 Å². The molecule has 3 aromatic rings. The summed E-state index contributed by atoms with van der Waals surface area (Å²) < 4.78 is 44.0. The van der Waals surface area contributed by atoms with E-state index in [0.29, 0.717) is 35.8 Å². The zero-order valence-electron chi connectivity index (χ0n) is 25.9. The Balaban J connectivity index is 1.36.